The van der Waals surface area contributed by atoms with E-state index >= 15 is 0 Å². The summed E-state index contributed by atoms with van der Waals surface area (Å²) < 4.78 is 5.91. The molecule has 7 heteroatoms. The van der Waals surface area contributed by atoms with Gasteiger partial charge in [0.15, 0.2) is 0 Å². The van der Waals surface area contributed by atoms with Crippen molar-refractivity contribution in [3.05, 3.63) is 39.3 Å². The minimum atomic E-state index is 0.581. The summed E-state index contributed by atoms with van der Waals surface area (Å²) in [6.07, 6.45) is 2.30. The number of halogens is 1. The summed E-state index contributed by atoms with van der Waals surface area (Å²) in [5, 5.41) is 5.39. The van der Waals surface area contributed by atoms with Gasteiger partial charge in [-0.3, -0.25) is 4.90 Å². The molecule has 114 valence electrons. The van der Waals surface area contributed by atoms with Crippen molar-refractivity contribution in [2.45, 2.75) is 25.3 Å². The van der Waals surface area contributed by atoms with E-state index in [1.165, 1.54) is 21.2 Å². The van der Waals surface area contributed by atoms with Crippen LogP contribution in [0.5, 0.6) is 0 Å². The zero-order chi connectivity index (χ0) is 14.9. The zero-order valence-electron chi connectivity index (χ0n) is 11.9. The Bertz CT molecular complexity index is 744. The molecule has 1 fully saturated rings. The van der Waals surface area contributed by atoms with Gasteiger partial charge >= 0.3 is 0 Å². The van der Waals surface area contributed by atoms with Crippen LogP contribution >= 0.6 is 34.5 Å². The Labute approximate surface area is 141 Å². The maximum atomic E-state index is 6.09. The molecule has 1 aliphatic rings. The molecular formula is C15H15ClN4S2. The fourth-order valence-corrected chi connectivity index (χ4v) is 4.65. The first-order chi connectivity index (χ1) is 10.8. The molecule has 0 unspecified atom stereocenters. The van der Waals surface area contributed by atoms with Gasteiger partial charge in [-0.15, -0.1) is 16.4 Å². The number of fused-ring (bicyclic) bond motifs is 1. The second kappa shape index (κ2) is 6.20. The van der Waals surface area contributed by atoms with Crippen molar-refractivity contribution in [2.75, 3.05) is 13.1 Å². The van der Waals surface area contributed by atoms with E-state index < -0.39 is 0 Å². The fourth-order valence-electron chi connectivity index (χ4n) is 2.91. The van der Waals surface area contributed by atoms with Gasteiger partial charge in [-0.05, 0) is 38.1 Å². The molecule has 3 aromatic rings. The molecule has 0 radical (unpaired) electrons. The van der Waals surface area contributed by atoms with Gasteiger partial charge in [0, 0.05) is 24.0 Å². The molecule has 3 heterocycles. The van der Waals surface area contributed by atoms with Crippen molar-refractivity contribution in [3.63, 3.8) is 0 Å². The van der Waals surface area contributed by atoms with E-state index in [9.17, 15) is 0 Å². The molecule has 0 N–H and O–H groups in total. The van der Waals surface area contributed by atoms with Crippen molar-refractivity contribution in [1.82, 2.24) is 19.5 Å². The van der Waals surface area contributed by atoms with Crippen molar-refractivity contribution in [3.8, 4) is 0 Å². The number of benzene rings is 1. The Kier molecular flexibility index (Phi) is 4.09. The Hall–Kier alpha value is -1.08. The summed E-state index contributed by atoms with van der Waals surface area (Å²) >= 11 is 9.19. The van der Waals surface area contributed by atoms with E-state index in [0.717, 1.165) is 43.7 Å². The molecule has 0 amide bonds. The summed E-state index contributed by atoms with van der Waals surface area (Å²) in [4.78, 5) is 7.22. The molecule has 2 aromatic heterocycles. The number of hydrogen-bond acceptors (Lipinski definition) is 6. The van der Waals surface area contributed by atoms with E-state index in [1.54, 1.807) is 0 Å². The van der Waals surface area contributed by atoms with E-state index in [-0.39, 0.29) is 0 Å². The van der Waals surface area contributed by atoms with Gasteiger partial charge < -0.3 is 0 Å². The van der Waals surface area contributed by atoms with Gasteiger partial charge in [0.1, 0.15) is 10.0 Å². The highest BCUT2D eigenvalue weighted by Crippen LogP contribution is 2.34. The maximum absolute atomic E-state index is 6.09. The first kappa shape index (κ1) is 14.5. The highest BCUT2D eigenvalue weighted by atomic mass is 35.5. The van der Waals surface area contributed by atoms with E-state index in [4.69, 9.17) is 16.6 Å². The lowest BCUT2D eigenvalue weighted by atomic mass is 9.97. The van der Waals surface area contributed by atoms with Crippen LogP contribution < -0.4 is 0 Å². The first-order valence-electron chi connectivity index (χ1n) is 7.34. The molecule has 1 aromatic carbocycles. The van der Waals surface area contributed by atoms with Gasteiger partial charge in [0.2, 0.25) is 0 Å². The quantitative estimate of drug-likeness (QED) is 0.710. The van der Waals surface area contributed by atoms with Crippen molar-refractivity contribution in [1.29, 1.82) is 0 Å². The van der Waals surface area contributed by atoms with Gasteiger partial charge in [-0.1, -0.05) is 28.2 Å². The van der Waals surface area contributed by atoms with Gasteiger partial charge in [0.25, 0.3) is 0 Å². The predicted molar refractivity (Wildman–Crippen MR) is 91.8 cm³/mol. The highest BCUT2D eigenvalue weighted by molar-refractivity contribution is 7.18. The molecular weight excluding hydrogens is 336 g/mol. The third-order valence-corrected chi connectivity index (χ3v) is 6.31. The molecule has 4 rings (SSSR count). The Balaban J connectivity index is 1.42. The van der Waals surface area contributed by atoms with E-state index in [0.29, 0.717) is 10.3 Å². The van der Waals surface area contributed by atoms with Crippen LogP contribution in [0.2, 0.25) is 4.34 Å². The topological polar surface area (TPSA) is 41.9 Å². The molecule has 0 aliphatic carbocycles. The van der Waals surface area contributed by atoms with Crippen LogP contribution in [0.3, 0.4) is 0 Å². The molecule has 4 nitrogen and oxygen atoms in total. The van der Waals surface area contributed by atoms with Crippen molar-refractivity contribution >= 4 is 44.7 Å². The normalized spacial score (nSPS) is 17.3. The number of rotatable bonds is 3. The number of para-hydroxylation sites is 1. The molecule has 0 saturated carbocycles. The molecule has 1 aliphatic heterocycles. The van der Waals surface area contributed by atoms with Gasteiger partial charge in [-0.2, -0.15) is 0 Å². The van der Waals surface area contributed by atoms with Crippen molar-refractivity contribution in [2.24, 2.45) is 0 Å². The minimum absolute atomic E-state index is 0.581. The van der Waals surface area contributed by atoms with Crippen LogP contribution in [-0.2, 0) is 6.54 Å². The number of nitrogens with zero attached hydrogens (tertiary/aromatic N) is 4. The van der Waals surface area contributed by atoms with Crippen LogP contribution in [0.1, 0.15) is 29.5 Å². The monoisotopic (exact) mass is 350 g/mol. The summed E-state index contributed by atoms with van der Waals surface area (Å²) in [7, 11) is 0. The fraction of sp³-hybridized carbons (Fsp3) is 0.400. The number of piperidine rings is 1. The third kappa shape index (κ3) is 2.88. The van der Waals surface area contributed by atoms with E-state index in [2.05, 4.69) is 38.8 Å². The van der Waals surface area contributed by atoms with Crippen LogP contribution in [0.15, 0.2) is 24.3 Å². The largest absolute Gasteiger partial charge is 0.297 e. The molecule has 0 bridgehead atoms. The first-order valence-corrected chi connectivity index (χ1v) is 9.31. The number of hydrogen-bond donors (Lipinski definition) is 0. The van der Waals surface area contributed by atoms with Crippen LogP contribution in [0.4, 0.5) is 0 Å². The Morgan fingerprint density at radius 2 is 2.05 bits per heavy atom. The Morgan fingerprint density at radius 3 is 2.77 bits per heavy atom. The zero-order valence-corrected chi connectivity index (χ0v) is 14.3. The molecule has 22 heavy (non-hydrogen) atoms. The standard InChI is InChI=1S/C15H15ClN4S2/c16-14-12(18-19-22-14)9-20-7-5-10(6-8-20)15-17-11-3-1-2-4-13(11)21-15/h1-4,10H,5-9H2. The lowest BCUT2D eigenvalue weighted by Crippen LogP contribution is -2.32. The van der Waals surface area contributed by atoms with Crippen LogP contribution in [-0.4, -0.2) is 32.6 Å². The third-order valence-electron chi connectivity index (χ3n) is 4.13. The second-order valence-electron chi connectivity index (χ2n) is 5.56. The average molecular weight is 351 g/mol. The van der Waals surface area contributed by atoms with Crippen molar-refractivity contribution < 1.29 is 0 Å². The summed E-state index contributed by atoms with van der Waals surface area (Å²) in [6, 6.07) is 8.39. The second-order valence-corrected chi connectivity index (χ2v) is 7.98. The maximum Gasteiger partial charge on any atom is 0.138 e. The Morgan fingerprint density at radius 1 is 1.23 bits per heavy atom. The highest BCUT2D eigenvalue weighted by Gasteiger charge is 2.24. The smallest absolute Gasteiger partial charge is 0.138 e. The predicted octanol–water partition coefficient (Wildman–Crippen LogP) is 4.18. The number of thiazole rings is 1. The van der Waals surface area contributed by atoms with Crippen LogP contribution in [0, 0.1) is 0 Å². The average Bonchev–Trinajstić information content (AvgIpc) is 3.15. The number of likely N-dealkylation sites (tertiary alicyclic amines) is 1. The molecule has 0 atom stereocenters. The van der Waals surface area contributed by atoms with Crippen LogP contribution in [0.25, 0.3) is 10.2 Å². The van der Waals surface area contributed by atoms with E-state index in [1.807, 2.05) is 11.3 Å². The summed E-state index contributed by atoms with van der Waals surface area (Å²) in [6.45, 7) is 2.94. The minimum Gasteiger partial charge on any atom is -0.297 e. The summed E-state index contributed by atoms with van der Waals surface area (Å²) in [5.74, 6) is 0.581. The summed E-state index contributed by atoms with van der Waals surface area (Å²) in [5.41, 5.74) is 2.04. The van der Waals surface area contributed by atoms with Gasteiger partial charge in [0.05, 0.1) is 15.2 Å². The lowest BCUT2D eigenvalue weighted by molar-refractivity contribution is 0.202. The SMILES string of the molecule is Clc1snnc1CN1CCC(c2nc3ccccc3s2)CC1. The molecule has 0 spiro atoms. The molecule has 1 saturated heterocycles. The lowest BCUT2D eigenvalue weighted by Gasteiger charge is -2.30. The number of aromatic nitrogens is 3. The van der Waals surface area contributed by atoms with Gasteiger partial charge in [-0.25, -0.2) is 4.98 Å².